The van der Waals surface area contributed by atoms with Gasteiger partial charge in [-0.25, -0.2) is 4.57 Å². The summed E-state index contributed by atoms with van der Waals surface area (Å²) in [7, 11) is -4.43. The van der Waals surface area contributed by atoms with Crippen LogP contribution in [-0.4, -0.2) is 54.3 Å². The van der Waals surface area contributed by atoms with Crippen LogP contribution < -0.4 is 5.32 Å². The number of amides is 1. The maximum atomic E-state index is 12.0. The third-order valence-electron chi connectivity index (χ3n) is 6.91. The first-order valence-electron chi connectivity index (χ1n) is 17.9. The average Bonchev–Trinajstić information content (AvgIpc) is 3.07. The van der Waals surface area contributed by atoms with Crippen molar-refractivity contribution in [2.24, 2.45) is 0 Å². The fourth-order valence-electron chi connectivity index (χ4n) is 4.22. The van der Waals surface area contributed by atoms with Gasteiger partial charge in [0.2, 0.25) is 5.91 Å². The van der Waals surface area contributed by atoms with Gasteiger partial charge in [-0.05, 0) is 51.4 Å². The lowest BCUT2D eigenvalue weighted by molar-refractivity contribution is -0.147. The summed E-state index contributed by atoms with van der Waals surface area (Å²) < 4.78 is 26.6. The first-order chi connectivity index (χ1) is 23.3. The zero-order valence-corrected chi connectivity index (χ0v) is 30.5. The number of ether oxygens (including phenoxy) is 1. The molecule has 0 aromatic carbocycles. The topological polar surface area (TPSA) is 131 Å². The molecule has 2 atom stereocenters. The molecule has 0 rings (SSSR count). The molecule has 0 saturated heterocycles. The van der Waals surface area contributed by atoms with Crippen LogP contribution >= 0.6 is 7.82 Å². The summed E-state index contributed by atoms with van der Waals surface area (Å²) >= 11 is 0. The normalized spacial score (nSPS) is 14.3. The minimum absolute atomic E-state index is 0.0371. The number of aliphatic hydroxyl groups excluding tert-OH is 1. The number of carbonyl (C=O) groups is 2. The lowest BCUT2D eigenvalue weighted by Crippen LogP contribution is -2.27. The Kier molecular flexibility index (Phi) is 32.5. The number of unbranched alkanes of at least 4 members (excludes halogenated alkanes) is 7. The predicted molar refractivity (Wildman–Crippen MR) is 196 cm³/mol. The van der Waals surface area contributed by atoms with Crippen LogP contribution in [0.15, 0.2) is 72.9 Å². The summed E-state index contributed by atoms with van der Waals surface area (Å²) in [6.45, 7) is 3.27. The second kappa shape index (κ2) is 34.3. The summed E-state index contributed by atoms with van der Waals surface area (Å²) in [6, 6.07) is 0. The second-order valence-corrected chi connectivity index (χ2v) is 12.9. The Morgan fingerprint density at radius 1 is 0.667 bits per heavy atom. The molecule has 0 aliphatic rings. The lowest BCUT2D eigenvalue weighted by atomic mass is 10.1. The Morgan fingerprint density at radius 2 is 1.17 bits per heavy atom. The Morgan fingerprint density at radius 3 is 1.71 bits per heavy atom. The van der Waals surface area contributed by atoms with E-state index in [1.807, 2.05) is 12.2 Å². The number of carbonyl (C=O) groups excluding carboxylic acids is 2. The van der Waals surface area contributed by atoms with E-state index in [1.165, 1.54) is 32.1 Å². The SMILES string of the molecule is CC/C=C\C/C=C\C/C=C\C/C=C\C/C=C\C/C=C\CCC(=O)NCCOP(=O)(O)OCC(O)COC(=O)CCCCCCCCCC. The molecule has 0 aliphatic carbocycles. The van der Waals surface area contributed by atoms with Gasteiger partial charge in [0.25, 0.3) is 0 Å². The fourth-order valence-corrected chi connectivity index (χ4v) is 4.98. The summed E-state index contributed by atoms with van der Waals surface area (Å²) in [5.41, 5.74) is 0. The molecule has 0 spiro atoms. The van der Waals surface area contributed by atoms with Gasteiger partial charge in [-0.3, -0.25) is 18.6 Å². The van der Waals surface area contributed by atoms with E-state index in [4.69, 9.17) is 13.8 Å². The van der Waals surface area contributed by atoms with Gasteiger partial charge in [0.15, 0.2) is 0 Å². The summed E-state index contributed by atoms with van der Waals surface area (Å²) in [5.74, 6) is -0.615. The molecule has 0 saturated carbocycles. The smallest absolute Gasteiger partial charge is 0.463 e. The van der Waals surface area contributed by atoms with Crippen LogP contribution in [0.3, 0.4) is 0 Å². The van der Waals surface area contributed by atoms with Gasteiger partial charge in [0.1, 0.15) is 12.7 Å². The molecule has 48 heavy (non-hydrogen) atoms. The molecule has 3 N–H and O–H groups in total. The van der Waals surface area contributed by atoms with Crippen molar-refractivity contribution in [3.05, 3.63) is 72.9 Å². The summed E-state index contributed by atoms with van der Waals surface area (Å²) in [6.07, 6.45) is 40.0. The summed E-state index contributed by atoms with van der Waals surface area (Å²) in [4.78, 5) is 33.6. The molecule has 0 bridgehead atoms. The number of phosphoric acid groups is 1. The Labute approximate surface area is 290 Å². The number of hydrogen-bond donors (Lipinski definition) is 3. The van der Waals surface area contributed by atoms with Crippen LogP contribution in [-0.2, 0) is 27.9 Å². The van der Waals surface area contributed by atoms with Gasteiger partial charge in [-0.1, -0.05) is 132 Å². The van der Waals surface area contributed by atoms with Crippen molar-refractivity contribution in [2.45, 2.75) is 129 Å². The van der Waals surface area contributed by atoms with Gasteiger partial charge >= 0.3 is 13.8 Å². The zero-order valence-electron chi connectivity index (χ0n) is 29.6. The minimum Gasteiger partial charge on any atom is -0.463 e. The van der Waals surface area contributed by atoms with Crippen molar-refractivity contribution in [3.8, 4) is 0 Å². The van der Waals surface area contributed by atoms with E-state index in [0.29, 0.717) is 12.8 Å². The molecular formula is C38H64NO8P. The molecule has 0 aromatic rings. The molecule has 0 radical (unpaired) electrons. The molecule has 274 valence electrons. The Bertz CT molecular complexity index is 1020. The molecule has 10 heteroatoms. The number of rotatable bonds is 32. The van der Waals surface area contributed by atoms with E-state index in [-0.39, 0.29) is 32.1 Å². The van der Waals surface area contributed by atoms with E-state index in [9.17, 15) is 24.2 Å². The first kappa shape index (κ1) is 45.5. The van der Waals surface area contributed by atoms with E-state index in [0.717, 1.165) is 57.8 Å². The molecular weight excluding hydrogens is 629 g/mol. The van der Waals surface area contributed by atoms with Crippen LogP contribution in [0.1, 0.15) is 123 Å². The van der Waals surface area contributed by atoms with Crippen LogP contribution in [0.5, 0.6) is 0 Å². The fraction of sp³-hybridized carbons (Fsp3) is 0.632. The monoisotopic (exact) mass is 693 g/mol. The lowest BCUT2D eigenvalue weighted by Gasteiger charge is -2.15. The third kappa shape index (κ3) is 34.8. The van der Waals surface area contributed by atoms with E-state index in [1.54, 1.807) is 0 Å². The molecule has 0 heterocycles. The zero-order chi connectivity index (χ0) is 35.4. The van der Waals surface area contributed by atoms with Crippen LogP contribution in [0, 0.1) is 0 Å². The van der Waals surface area contributed by atoms with Crippen molar-refractivity contribution in [1.82, 2.24) is 5.32 Å². The maximum Gasteiger partial charge on any atom is 0.472 e. The molecule has 0 fully saturated rings. The number of hydrogen-bond acceptors (Lipinski definition) is 7. The highest BCUT2D eigenvalue weighted by atomic mass is 31.2. The van der Waals surface area contributed by atoms with Crippen LogP contribution in [0.25, 0.3) is 0 Å². The Hall–Kier alpha value is -2.55. The van der Waals surface area contributed by atoms with E-state index in [2.05, 4.69) is 79.9 Å². The van der Waals surface area contributed by atoms with E-state index >= 15 is 0 Å². The van der Waals surface area contributed by atoms with Crippen molar-refractivity contribution in [1.29, 1.82) is 0 Å². The first-order valence-corrected chi connectivity index (χ1v) is 19.4. The van der Waals surface area contributed by atoms with Gasteiger partial charge in [-0.15, -0.1) is 0 Å². The van der Waals surface area contributed by atoms with Crippen molar-refractivity contribution >= 4 is 19.7 Å². The number of esters is 1. The van der Waals surface area contributed by atoms with E-state index < -0.39 is 26.5 Å². The molecule has 9 nitrogen and oxygen atoms in total. The highest BCUT2D eigenvalue weighted by Gasteiger charge is 2.23. The highest BCUT2D eigenvalue weighted by Crippen LogP contribution is 2.42. The van der Waals surface area contributed by atoms with Gasteiger partial charge in [0.05, 0.1) is 13.2 Å². The Balaban J connectivity index is 3.78. The minimum atomic E-state index is -4.43. The summed E-state index contributed by atoms with van der Waals surface area (Å²) in [5, 5.41) is 12.5. The average molecular weight is 694 g/mol. The second-order valence-electron chi connectivity index (χ2n) is 11.5. The quantitative estimate of drug-likeness (QED) is 0.0275. The number of allylic oxidation sites excluding steroid dienone is 12. The van der Waals surface area contributed by atoms with Crippen LogP contribution in [0.4, 0.5) is 0 Å². The number of aliphatic hydroxyl groups is 1. The number of phosphoric ester groups is 1. The molecule has 2 unspecified atom stereocenters. The van der Waals surface area contributed by atoms with Crippen molar-refractivity contribution in [3.63, 3.8) is 0 Å². The van der Waals surface area contributed by atoms with Gasteiger partial charge in [0, 0.05) is 19.4 Å². The van der Waals surface area contributed by atoms with Gasteiger partial charge < -0.3 is 20.1 Å². The maximum absolute atomic E-state index is 12.0. The standard InChI is InChI=1S/C38H64NO8P/c1-3-5-7-9-11-13-14-15-16-17-18-19-20-21-22-23-24-26-28-30-37(41)39-32-33-46-48(43,44)47-35-36(40)34-45-38(42)31-29-27-25-12-10-8-6-4-2/h5,7,11,13,15-16,18-19,21-22,24,26,36,40H,3-4,6,8-10,12,14,17,20,23,25,27-35H2,1-2H3,(H,39,41)(H,43,44)/b7-5-,13-11-,16-15-,19-18-,22-21-,26-24-. The van der Waals surface area contributed by atoms with Crippen molar-refractivity contribution < 1.29 is 37.9 Å². The third-order valence-corrected chi connectivity index (χ3v) is 7.90. The van der Waals surface area contributed by atoms with Crippen LogP contribution in [0.2, 0.25) is 0 Å². The van der Waals surface area contributed by atoms with Crippen molar-refractivity contribution in [2.75, 3.05) is 26.4 Å². The number of nitrogens with one attached hydrogen (secondary N) is 1. The predicted octanol–water partition coefficient (Wildman–Crippen LogP) is 9.15. The highest BCUT2D eigenvalue weighted by molar-refractivity contribution is 7.47. The molecule has 0 aliphatic heterocycles. The largest absolute Gasteiger partial charge is 0.472 e. The van der Waals surface area contributed by atoms with Gasteiger partial charge in [-0.2, -0.15) is 0 Å². The molecule has 1 amide bonds. The molecule has 0 aromatic heterocycles.